The van der Waals surface area contributed by atoms with Gasteiger partial charge in [0, 0.05) is 36.9 Å². The molecule has 5 nitrogen and oxygen atoms in total. The van der Waals surface area contributed by atoms with Crippen molar-refractivity contribution in [1.82, 2.24) is 15.3 Å². The van der Waals surface area contributed by atoms with Gasteiger partial charge in [0.25, 0.3) is 0 Å². The number of hydrogen-bond donors (Lipinski definition) is 1. The summed E-state index contributed by atoms with van der Waals surface area (Å²) in [6.07, 6.45) is 0. The Morgan fingerprint density at radius 1 is 1.44 bits per heavy atom. The van der Waals surface area contributed by atoms with Gasteiger partial charge in [0.1, 0.15) is 0 Å². The fourth-order valence-corrected chi connectivity index (χ4v) is 2.22. The molecule has 1 aliphatic heterocycles. The summed E-state index contributed by atoms with van der Waals surface area (Å²) in [7, 11) is 0. The predicted octanol–water partition coefficient (Wildman–Crippen LogP) is 1.37. The van der Waals surface area contributed by atoms with Crippen LogP contribution < -0.4 is 15.0 Å². The lowest BCUT2D eigenvalue weighted by atomic mass is 10.0. The molecule has 2 heterocycles. The van der Waals surface area contributed by atoms with Crippen molar-refractivity contribution in [2.45, 2.75) is 33.2 Å². The number of nitrogens with one attached hydrogen (secondary N) is 1. The van der Waals surface area contributed by atoms with Crippen LogP contribution in [0.3, 0.4) is 0 Å². The second-order valence-corrected chi connectivity index (χ2v) is 5.22. The molecule has 0 bridgehead atoms. The summed E-state index contributed by atoms with van der Waals surface area (Å²) in [5, 5.41) is 3.40. The first kappa shape index (κ1) is 13.1. The number of ether oxygens (including phenoxy) is 1. The van der Waals surface area contributed by atoms with Crippen LogP contribution in [0.4, 0.5) is 5.95 Å². The van der Waals surface area contributed by atoms with E-state index in [1.54, 1.807) is 0 Å². The van der Waals surface area contributed by atoms with Gasteiger partial charge in [-0.3, -0.25) is 0 Å². The van der Waals surface area contributed by atoms with E-state index in [-0.39, 0.29) is 5.54 Å². The van der Waals surface area contributed by atoms with Crippen molar-refractivity contribution in [2.24, 2.45) is 0 Å². The lowest BCUT2D eigenvalue weighted by Crippen LogP contribution is -2.58. The van der Waals surface area contributed by atoms with Gasteiger partial charge in [-0.1, -0.05) is 0 Å². The van der Waals surface area contributed by atoms with E-state index in [4.69, 9.17) is 4.74 Å². The molecule has 1 saturated heterocycles. The van der Waals surface area contributed by atoms with Gasteiger partial charge in [0.05, 0.1) is 6.61 Å². The van der Waals surface area contributed by atoms with Gasteiger partial charge in [-0.05, 0) is 27.7 Å². The molecule has 1 N–H and O–H groups in total. The molecule has 0 radical (unpaired) electrons. The molecular formula is C13H22N4O. The quantitative estimate of drug-likeness (QED) is 0.878. The molecule has 0 saturated carbocycles. The summed E-state index contributed by atoms with van der Waals surface area (Å²) in [4.78, 5) is 11.3. The zero-order chi connectivity index (χ0) is 13.2. The molecular weight excluding hydrogens is 228 g/mol. The number of piperazine rings is 1. The monoisotopic (exact) mass is 250 g/mol. The minimum atomic E-state index is 0.0233. The second-order valence-electron chi connectivity index (χ2n) is 5.22. The Kier molecular flexibility index (Phi) is 3.71. The Morgan fingerprint density at radius 3 is 2.89 bits per heavy atom. The van der Waals surface area contributed by atoms with E-state index in [2.05, 4.69) is 34.0 Å². The number of aromatic nitrogens is 2. The lowest BCUT2D eigenvalue weighted by molar-refractivity contribution is 0.322. The molecule has 1 aromatic heterocycles. The van der Waals surface area contributed by atoms with E-state index >= 15 is 0 Å². The summed E-state index contributed by atoms with van der Waals surface area (Å²) in [6, 6.07) is 1.88. The van der Waals surface area contributed by atoms with Gasteiger partial charge in [-0.15, -0.1) is 0 Å². The molecule has 100 valence electrons. The van der Waals surface area contributed by atoms with Crippen LogP contribution in [0.2, 0.25) is 0 Å². The normalized spacial score (nSPS) is 18.8. The first-order chi connectivity index (χ1) is 8.53. The third kappa shape index (κ3) is 2.72. The number of rotatable bonds is 3. The van der Waals surface area contributed by atoms with Crippen LogP contribution in [0.1, 0.15) is 26.5 Å². The Labute approximate surface area is 109 Å². The molecule has 0 amide bonds. The molecule has 0 aliphatic carbocycles. The summed E-state index contributed by atoms with van der Waals surface area (Å²) in [6.45, 7) is 11.8. The lowest BCUT2D eigenvalue weighted by Gasteiger charge is -2.42. The van der Waals surface area contributed by atoms with E-state index in [0.29, 0.717) is 12.5 Å². The molecule has 0 aromatic carbocycles. The maximum atomic E-state index is 5.49. The standard InChI is InChI=1S/C13H22N4O/c1-5-18-11-8-10(2)15-12(16-11)17-7-6-14-9-13(17,3)4/h8,14H,5-7,9H2,1-4H3. The van der Waals surface area contributed by atoms with Crippen LogP contribution in [-0.4, -0.2) is 41.7 Å². The van der Waals surface area contributed by atoms with Crippen LogP contribution in [0.5, 0.6) is 5.88 Å². The van der Waals surface area contributed by atoms with Crippen LogP contribution in [0.25, 0.3) is 0 Å². The molecule has 0 spiro atoms. The molecule has 1 fully saturated rings. The predicted molar refractivity (Wildman–Crippen MR) is 72.2 cm³/mol. The van der Waals surface area contributed by atoms with Gasteiger partial charge in [-0.25, -0.2) is 4.98 Å². The Bertz CT molecular complexity index is 419. The van der Waals surface area contributed by atoms with Gasteiger partial charge >= 0.3 is 0 Å². The smallest absolute Gasteiger partial charge is 0.229 e. The van der Waals surface area contributed by atoms with E-state index in [9.17, 15) is 0 Å². The van der Waals surface area contributed by atoms with Crippen LogP contribution in [-0.2, 0) is 0 Å². The summed E-state index contributed by atoms with van der Waals surface area (Å²) < 4.78 is 5.49. The highest BCUT2D eigenvalue weighted by Gasteiger charge is 2.31. The fraction of sp³-hybridized carbons (Fsp3) is 0.692. The maximum absolute atomic E-state index is 5.49. The van der Waals surface area contributed by atoms with E-state index < -0.39 is 0 Å². The molecule has 2 rings (SSSR count). The van der Waals surface area contributed by atoms with Gasteiger partial charge < -0.3 is 15.0 Å². The summed E-state index contributed by atoms with van der Waals surface area (Å²) in [5.74, 6) is 1.43. The number of aryl methyl sites for hydroxylation is 1. The van der Waals surface area contributed by atoms with Gasteiger partial charge in [0.2, 0.25) is 11.8 Å². The SMILES string of the molecule is CCOc1cc(C)nc(N2CCNCC2(C)C)n1. The molecule has 0 atom stereocenters. The van der Waals surface area contributed by atoms with Crippen molar-refractivity contribution >= 4 is 5.95 Å². The van der Waals surface area contributed by atoms with Crippen molar-refractivity contribution in [3.05, 3.63) is 11.8 Å². The van der Waals surface area contributed by atoms with E-state index in [0.717, 1.165) is 31.3 Å². The number of nitrogens with zero attached hydrogens (tertiary/aromatic N) is 3. The van der Waals surface area contributed by atoms with Crippen molar-refractivity contribution in [2.75, 3.05) is 31.1 Å². The first-order valence-electron chi connectivity index (χ1n) is 6.50. The minimum Gasteiger partial charge on any atom is -0.478 e. The molecule has 1 aromatic rings. The fourth-order valence-electron chi connectivity index (χ4n) is 2.22. The molecule has 1 aliphatic rings. The third-order valence-corrected chi connectivity index (χ3v) is 3.15. The first-order valence-corrected chi connectivity index (χ1v) is 6.50. The highest BCUT2D eigenvalue weighted by atomic mass is 16.5. The summed E-state index contributed by atoms with van der Waals surface area (Å²) in [5.41, 5.74) is 0.966. The number of hydrogen-bond acceptors (Lipinski definition) is 5. The Hall–Kier alpha value is -1.36. The zero-order valence-electron chi connectivity index (χ0n) is 11.7. The number of anilines is 1. The van der Waals surface area contributed by atoms with Gasteiger partial charge in [-0.2, -0.15) is 4.98 Å². The molecule has 18 heavy (non-hydrogen) atoms. The van der Waals surface area contributed by atoms with Crippen LogP contribution in [0.15, 0.2) is 6.07 Å². The highest BCUT2D eigenvalue weighted by molar-refractivity contribution is 5.38. The zero-order valence-corrected chi connectivity index (χ0v) is 11.7. The molecule has 0 unspecified atom stereocenters. The minimum absolute atomic E-state index is 0.0233. The highest BCUT2D eigenvalue weighted by Crippen LogP contribution is 2.24. The van der Waals surface area contributed by atoms with Crippen molar-refractivity contribution in [3.63, 3.8) is 0 Å². The topological polar surface area (TPSA) is 50.3 Å². The Balaban J connectivity index is 2.31. The third-order valence-electron chi connectivity index (χ3n) is 3.15. The van der Waals surface area contributed by atoms with E-state index in [1.165, 1.54) is 0 Å². The van der Waals surface area contributed by atoms with Crippen LogP contribution >= 0.6 is 0 Å². The average Bonchev–Trinajstić information content (AvgIpc) is 2.27. The largest absolute Gasteiger partial charge is 0.478 e. The van der Waals surface area contributed by atoms with Crippen molar-refractivity contribution in [3.8, 4) is 5.88 Å². The average molecular weight is 250 g/mol. The summed E-state index contributed by atoms with van der Waals surface area (Å²) >= 11 is 0. The maximum Gasteiger partial charge on any atom is 0.229 e. The van der Waals surface area contributed by atoms with Crippen LogP contribution in [0, 0.1) is 6.92 Å². The van der Waals surface area contributed by atoms with Gasteiger partial charge in [0.15, 0.2) is 0 Å². The second kappa shape index (κ2) is 5.10. The van der Waals surface area contributed by atoms with E-state index in [1.807, 2.05) is 19.9 Å². The van der Waals surface area contributed by atoms with Crippen molar-refractivity contribution in [1.29, 1.82) is 0 Å². The Morgan fingerprint density at radius 2 is 2.22 bits per heavy atom. The molecule has 5 heteroatoms. The van der Waals surface area contributed by atoms with Crippen molar-refractivity contribution < 1.29 is 4.74 Å².